The molecule has 0 fully saturated rings. The van der Waals surface area contributed by atoms with Crippen molar-refractivity contribution in [2.75, 3.05) is 33.2 Å². The Balaban J connectivity index is 2.40. The minimum atomic E-state index is -0.892. The molecule has 2 aromatic carbocycles. The highest BCUT2D eigenvalue weighted by atomic mass is 16.5. The van der Waals surface area contributed by atoms with E-state index in [9.17, 15) is 9.90 Å². The van der Waals surface area contributed by atoms with E-state index in [0.717, 1.165) is 11.3 Å². The summed E-state index contributed by atoms with van der Waals surface area (Å²) in [5.41, 5.74) is 2.60. The van der Waals surface area contributed by atoms with Crippen LogP contribution in [0.5, 0.6) is 11.5 Å². The van der Waals surface area contributed by atoms with Gasteiger partial charge in [0.2, 0.25) is 0 Å². The molecule has 2 aromatic rings. The molecule has 0 bridgehead atoms. The third kappa shape index (κ3) is 3.98. The molecular weight excluding hydrogens is 306 g/mol. The Labute approximate surface area is 142 Å². The van der Waals surface area contributed by atoms with Gasteiger partial charge in [0.25, 0.3) is 0 Å². The summed E-state index contributed by atoms with van der Waals surface area (Å²) in [6.45, 7) is 0. The van der Waals surface area contributed by atoms with Crippen LogP contribution in [-0.4, -0.2) is 39.4 Å². The highest BCUT2D eigenvalue weighted by Gasteiger charge is 2.24. The van der Waals surface area contributed by atoms with Crippen LogP contribution >= 0.6 is 0 Å². The lowest BCUT2D eigenvalue weighted by molar-refractivity contribution is -0.138. The molecule has 0 aliphatic carbocycles. The number of hydrogen-bond donors (Lipinski definition) is 1. The van der Waals surface area contributed by atoms with Crippen molar-refractivity contribution >= 4 is 11.7 Å². The summed E-state index contributed by atoms with van der Waals surface area (Å²) in [5.74, 6) is -0.449. The maximum atomic E-state index is 11.9. The summed E-state index contributed by atoms with van der Waals surface area (Å²) in [4.78, 5) is 13.9. The van der Waals surface area contributed by atoms with Crippen molar-refractivity contribution in [1.29, 1.82) is 0 Å². The SMILES string of the molecule is COc1ccc(OC)c(C(Cc2cccc(N(C)C)c2)C(=O)O)c1. The summed E-state index contributed by atoms with van der Waals surface area (Å²) in [6.07, 6.45) is 0.376. The van der Waals surface area contributed by atoms with Crippen molar-refractivity contribution in [1.82, 2.24) is 0 Å². The van der Waals surface area contributed by atoms with Gasteiger partial charge in [-0.2, -0.15) is 0 Å². The summed E-state index contributed by atoms with van der Waals surface area (Å²) in [6, 6.07) is 13.1. The van der Waals surface area contributed by atoms with E-state index in [1.165, 1.54) is 7.11 Å². The highest BCUT2D eigenvalue weighted by Crippen LogP contribution is 2.33. The molecule has 0 saturated carbocycles. The third-order valence-corrected chi connectivity index (χ3v) is 3.98. The van der Waals surface area contributed by atoms with Gasteiger partial charge in [0.1, 0.15) is 11.5 Å². The van der Waals surface area contributed by atoms with Crippen molar-refractivity contribution in [3.8, 4) is 11.5 Å². The maximum Gasteiger partial charge on any atom is 0.311 e. The number of aliphatic carboxylic acids is 1. The third-order valence-electron chi connectivity index (χ3n) is 3.98. The number of nitrogens with zero attached hydrogens (tertiary/aromatic N) is 1. The zero-order chi connectivity index (χ0) is 17.7. The standard InChI is InChI=1S/C19H23NO4/c1-20(2)14-7-5-6-13(10-14)11-17(19(21)22)16-12-15(23-3)8-9-18(16)24-4/h5-10,12,17H,11H2,1-4H3,(H,21,22). The van der Waals surface area contributed by atoms with Crippen molar-refractivity contribution in [2.45, 2.75) is 12.3 Å². The predicted molar refractivity (Wildman–Crippen MR) is 94.4 cm³/mol. The molecule has 0 aliphatic heterocycles. The molecule has 0 radical (unpaired) electrons. The van der Waals surface area contributed by atoms with Crippen molar-refractivity contribution < 1.29 is 19.4 Å². The largest absolute Gasteiger partial charge is 0.497 e. The minimum absolute atomic E-state index is 0.376. The number of rotatable bonds is 7. The lowest BCUT2D eigenvalue weighted by Gasteiger charge is -2.19. The molecule has 0 aromatic heterocycles. The fourth-order valence-corrected chi connectivity index (χ4v) is 2.64. The molecule has 0 heterocycles. The number of ether oxygens (including phenoxy) is 2. The Hall–Kier alpha value is -2.69. The summed E-state index contributed by atoms with van der Waals surface area (Å²) >= 11 is 0. The minimum Gasteiger partial charge on any atom is -0.497 e. The fraction of sp³-hybridized carbons (Fsp3) is 0.316. The summed E-state index contributed by atoms with van der Waals surface area (Å²) in [5, 5.41) is 9.74. The van der Waals surface area contributed by atoms with Gasteiger partial charge < -0.3 is 19.5 Å². The molecule has 1 unspecified atom stereocenters. The number of carboxylic acid groups (broad SMARTS) is 1. The number of methoxy groups -OCH3 is 2. The molecule has 24 heavy (non-hydrogen) atoms. The Bertz CT molecular complexity index is 712. The van der Waals surface area contributed by atoms with Gasteiger partial charge in [-0.05, 0) is 42.3 Å². The van der Waals surface area contributed by atoms with E-state index in [1.807, 2.05) is 43.3 Å². The van der Waals surface area contributed by atoms with Crippen molar-refractivity contribution in [3.63, 3.8) is 0 Å². The average Bonchev–Trinajstić information content (AvgIpc) is 2.59. The molecule has 0 amide bonds. The topological polar surface area (TPSA) is 59.0 Å². The van der Waals surface area contributed by atoms with Gasteiger partial charge in [-0.15, -0.1) is 0 Å². The van der Waals surface area contributed by atoms with Crippen molar-refractivity contribution in [3.05, 3.63) is 53.6 Å². The summed E-state index contributed by atoms with van der Waals surface area (Å²) < 4.78 is 10.6. The lowest BCUT2D eigenvalue weighted by atomic mass is 9.91. The van der Waals surface area contributed by atoms with Gasteiger partial charge in [0.15, 0.2) is 0 Å². The van der Waals surface area contributed by atoms with Gasteiger partial charge in [-0.1, -0.05) is 12.1 Å². The monoisotopic (exact) mass is 329 g/mol. The Morgan fingerprint density at radius 2 is 1.88 bits per heavy atom. The average molecular weight is 329 g/mol. The molecular formula is C19H23NO4. The smallest absolute Gasteiger partial charge is 0.311 e. The van der Waals surface area contributed by atoms with E-state index < -0.39 is 11.9 Å². The van der Waals surface area contributed by atoms with Crippen LogP contribution in [0, 0.1) is 0 Å². The Morgan fingerprint density at radius 3 is 2.46 bits per heavy atom. The highest BCUT2D eigenvalue weighted by molar-refractivity contribution is 5.78. The number of benzene rings is 2. The zero-order valence-electron chi connectivity index (χ0n) is 14.4. The second-order valence-electron chi connectivity index (χ2n) is 5.77. The summed E-state index contributed by atoms with van der Waals surface area (Å²) in [7, 11) is 7.01. The molecule has 1 atom stereocenters. The first-order chi connectivity index (χ1) is 11.5. The van der Waals surface area contributed by atoms with E-state index in [-0.39, 0.29) is 0 Å². The van der Waals surface area contributed by atoms with E-state index in [2.05, 4.69) is 0 Å². The molecule has 5 nitrogen and oxygen atoms in total. The maximum absolute atomic E-state index is 11.9. The van der Waals surface area contributed by atoms with Crippen LogP contribution in [0.4, 0.5) is 5.69 Å². The normalized spacial score (nSPS) is 11.7. The van der Waals surface area contributed by atoms with E-state index in [1.54, 1.807) is 25.3 Å². The molecule has 0 saturated heterocycles. The van der Waals surface area contributed by atoms with Gasteiger partial charge in [-0.3, -0.25) is 4.79 Å². The Kier molecular flexibility index (Phi) is 5.68. The van der Waals surface area contributed by atoms with Crippen LogP contribution in [-0.2, 0) is 11.2 Å². The molecule has 2 rings (SSSR count). The first-order valence-electron chi connectivity index (χ1n) is 7.67. The van der Waals surface area contributed by atoms with Gasteiger partial charge in [0, 0.05) is 25.3 Å². The number of anilines is 1. The van der Waals surface area contributed by atoms with E-state index in [4.69, 9.17) is 9.47 Å². The second kappa shape index (κ2) is 7.73. The second-order valence-corrected chi connectivity index (χ2v) is 5.77. The molecule has 0 aliphatic rings. The first kappa shape index (κ1) is 17.7. The van der Waals surface area contributed by atoms with E-state index >= 15 is 0 Å². The van der Waals surface area contributed by atoms with Crippen LogP contribution < -0.4 is 14.4 Å². The quantitative estimate of drug-likeness (QED) is 0.845. The van der Waals surface area contributed by atoms with Gasteiger partial charge in [-0.25, -0.2) is 0 Å². The number of carbonyl (C=O) groups is 1. The molecule has 5 heteroatoms. The zero-order valence-corrected chi connectivity index (χ0v) is 14.4. The molecule has 0 spiro atoms. The van der Waals surface area contributed by atoms with E-state index in [0.29, 0.717) is 23.5 Å². The lowest BCUT2D eigenvalue weighted by Crippen LogP contribution is -2.16. The van der Waals surface area contributed by atoms with Gasteiger partial charge >= 0.3 is 5.97 Å². The van der Waals surface area contributed by atoms with Crippen LogP contribution in [0.3, 0.4) is 0 Å². The van der Waals surface area contributed by atoms with Crippen LogP contribution in [0.1, 0.15) is 17.0 Å². The number of hydrogen-bond acceptors (Lipinski definition) is 4. The molecule has 1 N–H and O–H groups in total. The fourth-order valence-electron chi connectivity index (χ4n) is 2.64. The van der Waals surface area contributed by atoms with Gasteiger partial charge in [0.05, 0.1) is 20.1 Å². The van der Waals surface area contributed by atoms with Crippen LogP contribution in [0.15, 0.2) is 42.5 Å². The number of carboxylic acids is 1. The van der Waals surface area contributed by atoms with Crippen LogP contribution in [0.25, 0.3) is 0 Å². The van der Waals surface area contributed by atoms with Crippen molar-refractivity contribution in [2.24, 2.45) is 0 Å². The van der Waals surface area contributed by atoms with Crippen LogP contribution in [0.2, 0.25) is 0 Å². The molecule has 128 valence electrons. The first-order valence-corrected chi connectivity index (χ1v) is 7.67. The predicted octanol–water partition coefficient (Wildman–Crippen LogP) is 3.18. The Morgan fingerprint density at radius 1 is 1.12 bits per heavy atom.